The maximum absolute atomic E-state index is 5.38. The Labute approximate surface area is 95.5 Å². The second-order valence-corrected chi connectivity index (χ2v) is 2.37. The molecule has 0 fully saturated rings. The summed E-state index contributed by atoms with van der Waals surface area (Å²) in [6, 6.07) is 1.77. The lowest BCUT2D eigenvalue weighted by Crippen LogP contribution is -2.09. The molecule has 0 saturated heterocycles. The minimum absolute atomic E-state index is 0. The second-order valence-electron chi connectivity index (χ2n) is 2.37. The van der Waals surface area contributed by atoms with Crippen molar-refractivity contribution in [3.05, 3.63) is 12.3 Å². The van der Waals surface area contributed by atoms with E-state index in [1.165, 1.54) is 0 Å². The van der Waals surface area contributed by atoms with Crippen molar-refractivity contribution in [1.82, 2.24) is 9.97 Å². The van der Waals surface area contributed by atoms with Crippen LogP contribution in [0, 0.1) is 0 Å². The first-order valence-corrected chi connectivity index (χ1v) is 3.85. The van der Waals surface area contributed by atoms with E-state index in [2.05, 4.69) is 15.3 Å². The molecule has 0 radical (unpaired) electrons. The van der Waals surface area contributed by atoms with Crippen LogP contribution in [-0.2, 0) is 0 Å². The quantitative estimate of drug-likeness (QED) is 0.673. The van der Waals surface area contributed by atoms with Crippen molar-refractivity contribution in [2.24, 2.45) is 5.73 Å². The van der Waals surface area contributed by atoms with Crippen molar-refractivity contribution in [2.75, 3.05) is 24.1 Å². The van der Waals surface area contributed by atoms with Crippen LogP contribution in [0.3, 0.4) is 0 Å². The van der Waals surface area contributed by atoms with E-state index < -0.39 is 0 Å². The smallest absolute Gasteiger partial charge is 0.221 e. The first kappa shape index (κ1) is 15.7. The average Bonchev–Trinajstić information content (AvgIpc) is 2.05. The molecule has 0 aliphatic carbocycles. The lowest BCUT2D eigenvalue weighted by molar-refractivity contribution is 0.869. The summed E-state index contributed by atoms with van der Waals surface area (Å²) >= 11 is 0. The standard InChI is InChI=1S/C7H13N5.2ClH/c8-3-1-4-10-6-2-5-11-7(9)12-6;;/h2,5H,1,3-4,8H2,(H3,9,10,11,12);2*1H. The lowest BCUT2D eigenvalue weighted by Gasteiger charge is -2.03. The SMILES string of the molecule is Cl.Cl.NCCCNc1ccnc(N)n1. The first-order chi connectivity index (χ1) is 5.83. The molecule has 14 heavy (non-hydrogen) atoms. The molecule has 0 unspecified atom stereocenters. The van der Waals surface area contributed by atoms with Crippen LogP contribution in [0.15, 0.2) is 12.3 Å². The van der Waals surface area contributed by atoms with Gasteiger partial charge in [-0.3, -0.25) is 0 Å². The summed E-state index contributed by atoms with van der Waals surface area (Å²) in [6.45, 7) is 1.49. The minimum Gasteiger partial charge on any atom is -0.370 e. The fourth-order valence-corrected chi connectivity index (χ4v) is 0.791. The van der Waals surface area contributed by atoms with Gasteiger partial charge in [-0.05, 0) is 19.0 Å². The summed E-state index contributed by atoms with van der Waals surface area (Å²) in [5, 5.41) is 3.08. The number of hydrogen-bond donors (Lipinski definition) is 3. The molecule has 0 amide bonds. The third kappa shape index (κ3) is 5.80. The molecule has 0 atom stereocenters. The van der Waals surface area contributed by atoms with Crippen molar-refractivity contribution in [1.29, 1.82) is 0 Å². The Morgan fingerprint density at radius 1 is 1.36 bits per heavy atom. The molecule has 0 aromatic carbocycles. The molecule has 1 aromatic rings. The molecule has 82 valence electrons. The van der Waals surface area contributed by atoms with Gasteiger partial charge in [0.2, 0.25) is 5.95 Å². The van der Waals surface area contributed by atoms with E-state index in [0.29, 0.717) is 6.54 Å². The maximum Gasteiger partial charge on any atom is 0.221 e. The van der Waals surface area contributed by atoms with Crippen molar-refractivity contribution in [2.45, 2.75) is 6.42 Å². The molecule has 0 spiro atoms. The van der Waals surface area contributed by atoms with Crippen LogP contribution in [-0.4, -0.2) is 23.1 Å². The third-order valence-electron chi connectivity index (χ3n) is 1.36. The summed E-state index contributed by atoms with van der Waals surface area (Å²) in [4.78, 5) is 7.73. The van der Waals surface area contributed by atoms with Gasteiger partial charge in [0.15, 0.2) is 0 Å². The molecule has 5 nitrogen and oxygen atoms in total. The van der Waals surface area contributed by atoms with Gasteiger partial charge in [0, 0.05) is 12.7 Å². The van der Waals surface area contributed by atoms with Gasteiger partial charge in [0.1, 0.15) is 5.82 Å². The number of nitrogens with two attached hydrogens (primary N) is 2. The molecule has 0 bridgehead atoms. The van der Waals surface area contributed by atoms with Gasteiger partial charge >= 0.3 is 0 Å². The molecule has 0 aliphatic rings. The van der Waals surface area contributed by atoms with Gasteiger partial charge in [0.25, 0.3) is 0 Å². The average molecular weight is 240 g/mol. The molecular weight excluding hydrogens is 225 g/mol. The molecule has 5 N–H and O–H groups in total. The van der Waals surface area contributed by atoms with E-state index in [0.717, 1.165) is 18.8 Å². The summed E-state index contributed by atoms with van der Waals surface area (Å²) in [5.41, 5.74) is 10.7. The molecule has 1 rings (SSSR count). The van der Waals surface area contributed by atoms with Gasteiger partial charge in [-0.15, -0.1) is 24.8 Å². The summed E-state index contributed by atoms with van der Waals surface area (Å²) in [6.07, 6.45) is 2.54. The zero-order valence-electron chi connectivity index (χ0n) is 7.64. The predicted octanol–water partition coefficient (Wildman–Crippen LogP) is 0.663. The molecule has 0 aliphatic heterocycles. The first-order valence-electron chi connectivity index (χ1n) is 3.85. The van der Waals surface area contributed by atoms with E-state index in [4.69, 9.17) is 11.5 Å². The monoisotopic (exact) mass is 239 g/mol. The summed E-state index contributed by atoms with van der Waals surface area (Å²) in [7, 11) is 0. The summed E-state index contributed by atoms with van der Waals surface area (Å²) < 4.78 is 0. The van der Waals surface area contributed by atoms with Gasteiger partial charge in [0.05, 0.1) is 0 Å². The highest BCUT2D eigenvalue weighted by molar-refractivity contribution is 5.85. The Morgan fingerprint density at radius 2 is 2.07 bits per heavy atom. The maximum atomic E-state index is 5.38. The Kier molecular flexibility index (Phi) is 9.86. The van der Waals surface area contributed by atoms with Gasteiger partial charge in [-0.25, -0.2) is 4.98 Å². The minimum atomic E-state index is 0. The zero-order chi connectivity index (χ0) is 8.81. The van der Waals surface area contributed by atoms with Crippen LogP contribution >= 0.6 is 24.8 Å². The van der Waals surface area contributed by atoms with Crippen molar-refractivity contribution in [3.8, 4) is 0 Å². The number of nitrogens with one attached hydrogen (secondary N) is 1. The van der Waals surface area contributed by atoms with Gasteiger partial charge in [-0.2, -0.15) is 4.98 Å². The fraction of sp³-hybridized carbons (Fsp3) is 0.429. The van der Waals surface area contributed by atoms with Crippen LogP contribution in [0.2, 0.25) is 0 Å². The van der Waals surface area contributed by atoms with Crippen molar-refractivity contribution >= 4 is 36.6 Å². The zero-order valence-corrected chi connectivity index (χ0v) is 9.27. The Bertz CT molecular complexity index is 245. The van der Waals surface area contributed by atoms with E-state index in [-0.39, 0.29) is 30.8 Å². The van der Waals surface area contributed by atoms with E-state index in [9.17, 15) is 0 Å². The van der Waals surface area contributed by atoms with Crippen LogP contribution in [0.4, 0.5) is 11.8 Å². The number of nitrogens with zero attached hydrogens (tertiary/aromatic N) is 2. The molecule has 7 heteroatoms. The molecule has 1 heterocycles. The third-order valence-corrected chi connectivity index (χ3v) is 1.36. The van der Waals surface area contributed by atoms with Crippen LogP contribution in [0.5, 0.6) is 0 Å². The van der Waals surface area contributed by atoms with Crippen LogP contribution in [0.25, 0.3) is 0 Å². The fourth-order valence-electron chi connectivity index (χ4n) is 0.791. The van der Waals surface area contributed by atoms with Crippen LogP contribution in [0.1, 0.15) is 6.42 Å². The lowest BCUT2D eigenvalue weighted by atomic mass is 10.4. The van der Waals surface area contributed by atoms with Crippen LogP contribution < -0.4 is 16.8 Å². The molecular formula is C7H15Cl2N5. The number of rotatable bonds is 4. The summed E-state index contributed by atoms with van der Waals surface area (Å²) in [5.74, 6) is 1.03. The Morgan fingerprint density at radius 3 is 2.64 bits per heavy atom. The van der Waals surface area contributed by atoms with Gasteiger partial charge < -0.3 is 16.8 Å². The Hall–Kier alpha value is -0.780. The highest BCUT2D eigenvalue weighted by Crippen LogP contribution is 2.01. The molecule has 0 saturated carbocycles. The van der Waals surface area contributed by atoms with E-state index in [1.807, 2.05) is 0 Å². The number of aromatic nitrogens is 2. The number of nitrogen functional groups attached to an aromatic ring is 1. The highest BCUT2D eigenvalue weighted by atomic mass is 35.5. The second kappa shape index (κ2) is 8.80. The Balaban J connectivity index is 0. The van der Waals surface area contributed by atoms with Gasteiger partial charge in [-0.1, -0.05) is 0 Å². The normalized spacial score (nSPS) is 8.36. The number of hydrogen-bond acceptors (Lipinski definition) is 5. The van der Waals surface area contributed by atoms with E-state index in [1.54, 1.807) is 12.3 Å². The number of halogens is 2. The predicted molar refractivity (Wildman–Crippen MR) is 63.1 cm³/mol. The largest absolute Gasteiger partial charge is 0.370 e. The van der Waals surface area contributed by atoms with Crippen molar-refractivity contribution < 1.29 is 0 Å². The van der Waals surface area contributed by atoms with E-state index >= 15 is 0 Å². The number of anilines is 2. The van der Waals surface area contributed by atoms with Crippen molar-refractivity contribution in [3.63, 3.8) is 0 Å². The highest BCUT2D eigenvalue weighted by Gasteiger charge is 1.92. The molecule has 1 aromatic heterocycles. The topological polar surface area (TPSA) is 89.8 Å².